The Balaban J connectivity index is 1.43. The van der Waals surface area contributed by atoms with E-state index in [4.69, 9.17) is 9.47 Å². The first-order chi connectivity index (χ1) is 18.0. The van der Waals surface area contributed by atoms with Crippen LogP contribution in [0, 0.1) is 0 Å². The molecule has 9 nitrogen and oxygen atoms in total. The minimum atomic E-state index is -1.06. The predicted molar refractivity (Wildman–Crippen MR) is 136 cm³/mol. The number of carbonyl (C=O) groups is 1. The summed E-state index contributed by atoms with van der Waals surface area (Å²) < 4.78 is 12.5. The van der Waals surface area contributed by atoms with E-state index in [1.54, 1.807) is 53.1 Å². The first-order valence-corrected chi connectivity index (χ1v) is 11.3. The molecule has 2 heterocycles. The predicted octanol–water partition coefficient (Wildman–Crippen LogP) is 6.55. The number of benzene rings is 4. The van der Waals surface area contributed by atoms with E-state index in [-0.39, 0.29) is 35.4 Å². The Labute approximate surface area is 210 Å². The fraction of sp³-hybridized carbons (Fsp3) is 0.0357. The van der Waals surface area contributed by atoms with Crippen molar-refractivity contribution in [3.8, 4) is 39.9 Å². The third kappa shape index (κ3) is 3.79. The van der Waals surface area contributed by atoms with Crippen molar-refractivity contribution in [2.24, 2.45) is 10.2 Å². The molecule has 1 aliphatic heterocycles. The largest absolute Gasteiger partial charge is 0.505 e. The average molecular weight is 493 g/mol. The van der Waals surface area contributed by atoms with Crippen LogP contribution in [0.15, 0.2) is 95.2 Å². The van der Waals surface area contributed by atoms with Crippen LogP contribution >= 0.6 is 0 Å². The molecule has 0 aliphatic carbocycles. The molecule has 37 heavy (non-hydrogen) atoms. The van der Waals surface area contributed by atoms with E-state index < -0.39 is 5.97 Å². The minimum Gasteiger partial charge on any atom is -0.505 e. The summed E-state index contributed by atoms with van der Waals surface area (Å²) in [6, 6.07) is 23.9. The van der Waals surface area contributed by atoms with Gasteiger partial charge in [0, 0.05) is 17.0 Å². The first kappa shape index (κ1) is 22.2. The molecular formula is C28H19N3O6. The lowest BCUT2D eigenvalue weighted by atomic mass is 10.0. The van der Waals surface area contributed by atoms with Crippen molar-refractivity contribution in [1.29, 1.82) is 0 Å². The normalized spacial score (nSPS) is 12.4. The van der Waals surface area contributed by atoms with Crippen LogP contribution in [0.2, 0.25) is 0 Å². The Morgan fingerprint density at radius 2 is 1.65 bits per heavy atom. The number of aromatic hydroxyl groups is 2. The third-order valence-electron chi connectivity index (χ3n) is 6.13. The fourth-order valence-corrected chi connectivity index (χ4v) is 4.36. The Kier molecular flexibility index (Phi) is 5.23. The molecule has 0 spiro atoms. The van der Waals surface area contributed by atoms with Crippen LogP contribution in [0.3, 0.4) is 0 Å². The summed E-state index contributed by atoms with van der Waals surface area (Å²) in [7, 11) is 0. The second-order valence-electron chi connectivity index (χ2n) is 8.32. The number of carboxylic acids is 1. The van der Waals surface area contributed by atoms with E-state index in [1.165, 1.54) is 12.1 Å². The van der Waals surface area contributed by atoms with Gasteiger partial charge in [0.25, 0.3) is 0 Å². The molecule has 3 N–H and O–H groups in total. The average Bonchev–Trinajstić information content (AvgIpc) is 3.49. The summed E-state index contributed by atoms with van der Waals surface area (Å²) in [4.78, 5) is 11.4. The van der Waals surface area contributed by atoms with Gasteiger partial charge in [0.2, 0.25) is 12.7 Å². The zero-order chi connectivity index (χ0) is 25.5. The van der Waals surface area contributed by atoms with Crippen molar-refractivity contribution in [1.82, 2.24) is 4.57 Å². The van der Waals surface area contributed by atoms with Crippen molar-refractivity contribution in [2.75, 3.05) is 6.79 Å². The molecule has 0 saturated carbocycles. The lowest BCUT2D eigenvalue weighted by Gasteiger charge is -2.08. The van der Waals surface area contributed by atoms with E-state index >= 15 is 0 Å². The highest BCUT2D eigenvalue weighted by atomic mass is 16.7. The Bertz CT molecular complexity index is 1720. The monoisotopic (exact) mass is 493 g/mol. The molecule has 0 atom stereocenters. The van der Waals surface area contributed by atoms with Crippen LogP contribution in [0.4, 0.5) is 11.4 Å². The maximum absolute atomic E-state index is 11.4. The molecule has 4 aromatic carbocycles. The van der Waals surface area contributed by atoms with Crippen LogP contribution in [0.1, 0.15) is 10.4 Å². The molecule has 6 rings (SSSR count). The summed E-state index contributed by atoms with van der Waals surface area (Å²) in [5, 5.41) is 40.6. The number of phenols is 1. The number of azo groups is 1. The SMILES string of the molecule is O=C(O)c1cccc(-c2cccc(N=Nc3c(O)n(-c4ccc5c(c4)OCO5)c4ccccc34)c2O)c1. The zero-order valence-electron chi connectivity index (χ0n) is 19.2. The molecule has 9 heteroatoms. The molecule has 0 unspecified atom stereocenters. The third-order valence-corrected chi connectivity index (χ3v) is 6.13. The number of carboxylic acid groups (broad SMARTS) is 1. The van der Waals surface area contributed by atoms with Crippen molar-refractivity contribution in [2.45, 2.75) is 0 Å². The van der Waals surface area contributed by atoms with Gasteiger partial charge in [-0.25, -0.2) is 4.79 Å². The Morgan fingerprint density at radius 1 is 0.838 bits per heavy atom. The summed E-state index contributed by atoms with van der Waals surface area (Å²) >= 11 is 0. The van der Waals surface area contributed by atoms with Gasteiger partial charge in [-0.3, -0.25) is 4.57 Å². The molecule has 5 aromatic rings. The lowest BCUT2D eigenvalue weighted by molar-refractivity contribution is 0.0697. The zero-order valence-corrected chi connectivity index (χ0v) is 19.2. The van der Waals surface area contributed by atoms with Crippen molar-refractivity contribution in [3.05, 3.63) is 90.5 Å². The molecule has 182 valence electrons. The molecule has 0 amide bonds. The van der Waals surface area contributed by atoms with Crippen LogP contribution in [0.5, 0.6) is 23.1 Å². The van der Waals surface area contributed by atoms with E-state index in [2.05, 4.69) is 10.2 Å². The Hall–Kier alpha value is -5.31. The number of para-hydroxylation sites is 2. The fourth-order valence-electron chi connectivity index (χ4n) is 4.36. The maximum atomic E-state index is 11.4. The van der Waals surface area contributed by atoms with Crippen molar-refractivity contribution >= 4 is 28.2 Å². The van der Waals surface area contributed by atoms with Crippen LogP contribution < -0.4 is 9.47 Å². The number of phenolic OH excluding ortho intramolecular Hbond substituents is 1. The second-order valence-corrected chi connectivity index (χ2v) is 8.32. The van der Waals surface area contributed by atoms with Crippen LogP contribution in [0.25, 0.3) is 27.7 Å². The highest BCUT2D eigenvalue weighted by molar-refractivity contribution is 5.96. The van der Waals surface area contributed by atoms with Crippen molar-refractivity contribution in [3.63, 3.8) is 0 Å². The topological polar surface area (TPSA) is 126 Å². The Morgan fingerprint density at radius 3 is 2.51 bits per heavy atom. The highest BCUT2D eigenvalue weighted by Gasteiger charge is 2.21. The first-order valence-electron chi connectivity index (χ1n) is 11.3. The number of hydrogen-bond donors (Lipinski definition) is 3. The lowest BCUT2D eigenvalue weighted by Crippen LogP contribution is -1.95. The smallest absolute Gasteiger partial charge is 0.335 e. The molecular weight excluding hydrogens is 474 g/mol. The summed E-state index contributed by atoms with van der Waals surface area (Å²) in [6.45, 7) is 0.139. The quantitative estimate of drug-likeness (QED) is 0.238. The molecule has 0 bridgehead atoms. The molecule has 0 fully saturated rings. The second kappa shape index (κ2) is 8.72. The van der Waals surface area contributed by atoms with Gasteiger partial charge in [0.05, 0.1) is 16.8 Å². The van der Waals surface area contributed by atoms with Gasteiger partial charge in [-0.05, 0) is 42.0 Å². The number of aromatic nitrogens is 1. The van der Waals surface area contributed by atoms with E-state index in [9.17, 15) is 20.1 Å². The minimum absolute atomic E-state index is 0.102. The molecule has 1 aliphatic rings. The van der Waals surface area contributed by atoms with E-state index in [0.29, 0.717) is 39.2 Å². The standard InChI is InChI=1S/C28H19N3O6/c32-26-19(16-5-3-6-17(13-16)28(34)35)8-4-9-21(26)29-30-25-20-7-1-2-10-22(20)31(27(25)33)18-11-12-23-24(14-18)37-15-36-23/h1-14,32-33H,15H2,(H,34,35). The summed E-state index contributed by atoms with van der Waals surface area (Å²) in [6.07, 6.45) is 0. The molecule has 0 saturated heterocycles. The van der Waals surface area contributed by atoms with Gasteiger partial charge in [0.1, 0.15) is 5.69 Å². The van der Waals surface area contributed by atoms with Gasteiger partial charge in [-0.1, -0.05) is 42.5 Å². The van der Waals surface area contributed by atoms with Gasteiger partial charge in [-0.2, -0.15) is 0 Å². The highest BCUT2D eigenvalue weighted by Crippen LogP contribution is 2.44. The number of fused-ring (bicyclic) bond motifs is 2. The van der Waals surface area contributed by atoms with E-state index in [0.717, 1.165) is 0 Å². The van der Waals surface area contributed by atoms with Gasteiger partial charge < -0.3 is 24.8 Å². The van der Waals surface area contributed by atoms with Crippen molar-refractivity contribution < 1.29 is 29.6 Å². The van der Waals surface area contributed by atoms with Gasteiger partial charge >= 0.3 is 5.97 Å². The number of rotatable bonds is 5. The summed E-state index contributed by atoms with van der Waals surface area (Å²) in [5.41, 5.74) is 2.79. The number of hydrogen-bond acceptors (Lipinski definition) is 7. The van der Waals surface area contributed by atoms with Gasteiger partial charge in [-0.15, -0.1) is 10.2 Å². The maximum Gasteiger partial charge on any atom is 0.335 e. The molecule has 1 aromatic heterocycles. The van der Waals surface area contributed by atoms with Crippen LogP contribution in [-0.2, 0) is 0 Å². The summed E-state index contributed by atoms with van der Waals surface area (Å²) in [5.74, 6) is -0.150. The van der Waals surface area contributed by atoms with Gasteiger partial charge in [0.15, 0.2) is 22.9 Å². The number of nitrogens with zero attached hydrogens (tertiary/aromatic N) is 3. The number of aromatic carboxylic acids is 1. The number of ether oxygens (including phenoxy) is 2. The van der Waals surface area contributed by atoms with Crippen LogP contribution in [-0.4, -0.2) is 32.6 Å². The van der Waals surface area contributed by atoms with E-state index in [1.807, 2.05) is 24.3 Å². The molecule has 0 radical (unpaired) electrons.